The average Bonchev–Trinajstić information content (AvgIpc) is 2.99. The second kappa shape index (κ2) is 14.4. The summed E-state index contributed by atoms with van der Waals surface area (Å²) in [5.74, 6) is -0.824. The smallest absolute Gasteiger partial charge is 0.264 e. The van der Waals surface area contributed by atoms with Crippen molar-refractivity contribution in [3.05, 3.63) is 130 Å². The molecule has 224 valence electrons. The minimum Gasteiger partial charge on any atom is -0.355 e. The van der Waals surface area contributed by atoms with Crippen LogP contribution in [0.2, 0.25) is 5.02 Å². The first-order valence-corrected chi connectivity index (χ1v) is 15.9. The molecule has 0 radical (unpaired) electrons. The van der Waals surface area contributed by atoms with Crippen LogP contribution in [0.1, 0.15) is 29.2 Å². The van der Waals surface area contributed by atoms with Crippen LogP contribution in [0.3, 0.4) is 0 Å². The summed E-state index contributed by atoms with van der Waals surface area (Å²) >= 11 is 6.21. The first-order chi connectivity index (χ1) is 20.6. The molecule has 1 N–H and O–H groups in total. The van der Waals surface area contributed by atoms with E-state index in [1.165, 1.54) is 17.0 Å². The van der Waals surface area contributed by atoms with Crippen molar-refractivity contribution in [1.29, 1.82) is 0 Å². The number of hydrogen-bond donors (Lipinski definition) is 1. The number of hydrogen-bond acceptors (Lipinski definition) is 4. The van der Waals surface area contributed by atoms with Gasteiger partial charge in [-0.2, -0.15) is 0 Å². The number of halogens is 1. The van der Waals surface area contributed by atoms with Crippen LogP contribution >= 0.6 is 11.6 Å². The van der Waals surface area contributed by atoms with Gasteiger partial charge in [0.1, 0.15) is 12.6 Å². The quantitative estimate of drug-likeness (QED) is 0.214. The topological polar surface area (TPSA) is 86.8 Å². The Bertz CT molecular complexity index is 1660. The summed E-state index contributed by atoms with van der Waals surface area (Å²) in [4.78, 5) is 29.5. The molecular weight excluding hydrogens is 582 g/mol. The first-order valence-electron chi connectivity index (χ1n) is 14.1. The van der Waals surface area contributed by atoms with Gasteiger partial charge >= 0.3 is 0 Å². The first kappa shape index (κ1) is 31.8. The molecule has 43 heavy (non-hydrogen) atoms. The lowest BCUT2D eigenvalue weighted by Crippen LogP contribution is -2.53. The summed E-state index contributed by atoms with van der Waals surface area (Å²) in [5, 5.41) is 3.32. The fourth-order valence-corrected chi connectivity index (χ4v) is 6.71. The Balaban J connectivity index is 1.81. The normalized spacial score (nSPS) is 11.9. The maximum Gasteiger partial charge on any atom is 0.264 e. The van der Waals surface area contributed by atoms with Crippen LogP contribution in [-0.4, -0.2) is 44.3 Å². The summed E-state index contributed by atoms with van der Waals surface area (Å²) in [6, 6.07) is 29.1. The molecule has 1 atom stereocenters. The second-order valence-corrected chi connectivity index (χ2v) is 12.7. The minimum atomic E-state index is -4.17. The molecule has 0 aliphatic rings. The van der Waals surface area contributed by atoms with Crippen molar-refractivity contribution >= 4 is 39.1 Å². The maximum absolute atomic E-state index is 14.4. The Morgan fingerprint density at radius 3 is 2.12 bits per heavy atom. The van der Waals surface area contributed by atoms with Crippen molar-refractivity contribution in [1.82, 2.24) is 10.2 Å². The third kappa shape index (κ3) is 8.03. The Hall–Kier alpha value is -4.14. The lowest BCUT2D eigenvalue weighted by molar-refractivity contribution is -0.140. The number of benzene rings is 4. The summed E-state index contributed by atoms with van der Waals surface area (Å²) < 4.78 is 29.3. The molecule has 0 spiro atoms. The molecule has 0 aromatic heterocycles. The van der Waals surface area contributed by atoms with Gasteiger partial charge in [0.2, 0.25) is 11.8 Å². The number of nitrogens with zero attached hydrogens (tertiary/aromatic N) is 2. The lowest BCUT2D eigenvalue weighted by Gasteiger charge is -2.34. The Labute approximate surface area is 259 Å². The van der Waals surface area contributed by atoms with Crippen LogP contribution in [-0.2, 0) is 32.6 Å². The van der Waals surface area contributed by atoms with Gasteiger partial charge in [0, 0.05) is 24.5 Å². The van der Waals surface area contributed by atoms with E-state index in [1.807, 2.05) is 68.4 Å². The Kier molecular flexibility index (Phi) is 10.6. The van der Waals surface area contributed by atoms with Gasteiger partial charge in [-0.15, -0.1) is 0 Å². The number of carbonyl (C=O) groups excluding carboxylic acids is 2. The van der Waals surface area contributed by atoms with E-state index in [0.29, 0.717) is 22.8 Å². The van der Waals surface area contributed by atoms with Crippen molar-refractivity contribution in [3.8, 4) is 0 Å². The van der Waals surface area contributed by atoms with Gasteiger partial charge in [-0.05, 0) is 67.8 Å². The highest BCUT2D eigenvalue weighted by molar-refractivity contribution is 7.92. The molecule has 0 saturated heterocycles. The van der Waals surface area contributed by atoms with Gasteiger partial charge in [-0.25, -0.2) is 8.42 Å². The number of anilines is 1. The van der Waals surface area contributed by atoms with Crippen LogP contribution in [0.4, 0.5) is 5.69 Å². The van der Waals surface area contributed by atoms with Gasteiger partial charge in [0.25, 0.3) is 10.0 Å². The predicted molar refractivity (Wildman–Crippen MR) is 172 cm³/mol. The van der Waals surface area contributed by atoms with Gasteiger partial charge in [-0.3, -0.25) is 13.9 Å². The minimum absolute atomic E-state index is 0.0481. The summed E-state index contributed by atoms with van der Waals surface area (Å²) in [6.07, 6.45) is 0.260. The number of aryl methyl sites for hydroxylation is 2. The van der Waals surface area contributed by atoms with Crippen molar-refractivity contribution in [2.24, 2.45) is 0 Å². The molecule has 0 saturated carbocycles. The molecule has 0 aliphatic carbocycles. The number of rotatable bonds is 12. The van der Waals surface area contributed by atoms with E-state index in [2.05, 4.69) is 5.32 Å². The van der Waals surface area contributed by atoms with E-state index in [4.69, 9.17) is 11.6 Å². The summed E-state index contributed by atoms with van der Waals surface area (Å²) in [5.41, 5.74) is 3.64. The van der Waals surface area contributed by atoms with E-state index in [9.17, 15) is 18.0 Å². The highest BCUT2D eigenvalue weighted by Gasteiger charge is 2.35. The zero-order valence-electron chi connectivity index (χ0n) is 24.5. The zero-order chi connectivity index (χ0) is 31.0. The molecule has 0 bridgehead atoms. The molecule has 2 amide bonds. The van der Waals surface area contributed by atoms with E-state index in [0.717, 1.165) is 21.0 Å². The van der Waals surface area contributed by atoms with Gasteiger partial charge in [0.15, 0.2) is 0 Å². The standard InChI is InChI=1S/C34H36ClN3O4S/c1-4-36-34(40)32(22-27-13-7-5-8-14-27)37(23-28-15-11-12-25(2)20-28)33(39)24-38(31-19-18-29(35)21-26(31)3)43(41,42)30-16-9-6-10-17-30/h5-21,32H,4,22-24H2,1-3H3,(H,36,40). The summed E-state index contributed by atoms with van der Waals surface area (Å²) in [7, 11) is -4.17. The average molecular weight is 618 g/mol. The molecule has 1 unspecified atom stereocenters. The van der Waals surface area contributed by atoms with Crippen molar-refractivity contribution < 1.29 is 18.0 Å². The largest absolute Gasteiger partial charge is 0.355 e. The molecule has 4 aromatic rings. The van der Waals surface area contributed by atoms with Crippen LogP contribution in [0.15, 0.2) is 108 Å². The molecule has 0 aliphatic heterocycles. The van der Waals surface area contributed by atoms with E-state index in [-0.39, 0.29) is 23.8 Å². The predicted octanol–water partition coefficient (Wildman–Crippen LogP) is 5.93. The molecule has 7 nitrogen and oxygen atoms in total. The number of nitrogens with one attached hydrogen (secondary N) is 1. The maximum atomic E-state index is 14.4. The van der Waals surface area contributed by atoms with E-state index in [1.54, 1.807) is 43.3 Å². The number of sulfonamides is 1. The fraction of sp³-hybridized carbons (Fsp3) is 0.235. The van der Waals surface area contributed by atoms with Crippen LogP contribution in [0.5, 0.6) is 0 Å². The third-order valence-corrected chi connectivity index (χ3v) is 9.10. The molecule has 4 aromatic carbocycles. The van der Waals surface area contributed by atoms with E-state index >= 15 is 0 Å². The zero-order valence-corrected chi connectivity index (χ0v) is 26.1. The van der Waals surface area contributed by atoms with Gasteiger partial charge < -0.3 is 10.2 Å². The molecule has 0 fully saturated rings. The van der Waals surface area contributed by atoms with Crippen molar-refractivity contribution in [3.63, 3.8) is 0 Å². The SMILES string of the molecule is CCNC(=O)C(Cc1ccccc1)N(Cc1cccc(C)c1)C(=O)CN(c1ccc(Cl)cc1C)S(=O)(=O)c1ccccc1. The molecular formula is C34H36ClN3O4S. The third-order valence-electron chi connectivity index (χ3n) is 7.10. The lowest BCUT2D eigenvalue weighted by atomic mass is 10.0. The Morgan fingerprint density at radius 1 is 0.837 bits per heavy atom. The number of carbonyl (C=O) groups is 2. The molecule has 9 heteroatoms. The van der Waals surface area contributed by atoms with Crippen LogP contribution < -0.4 is 9.62 Å². The number of likely N-dealkylation sites (N-methyl/N-ethyl adjacent to an activating group) is 1. The monoisotopic (exact) mass is 617 g/mol. The van der Waals surface area contributed by atoms with Crippen molar-refractivity contribution in [2.75, 3.05) is 17.4 Å². The number of amides is 2. The molecule has 0 heterocycles. The second-order valence-electron chi connectivity index (χ2n) is 10.4. The van der Waals surface area contributed by atoms with E-state index < -0.39 is 28.5 Å². The van der Waals surface area contributed by atoms with Crippen LogP contribution in [0, 0.1) is 13.8 Å². The Morgan fingerprint density at radius 2 is 1.49 bits per heavy atom. The van der Waals surface area contributed by atoms with Gasteiger partial charge in [-0.1, -0.05) is 90.0 Å². The highest BCUT2D eigenvalue weighted by Crippen LogP contribution is 2.29. The fourth-order valence-electron chi connectivity index (χ4n) is 4.98. The highest BCUT2D eigenvalue weighted by atomic mass is 35.5. The summed E-state index contributed by atoms with van der Waals surface area (Å²) in [6.45, 7) is 5.51. The molecule has 4 rings (SSSR count). The van der Waals surface area contributed by atoms with Crippen LogP contribution in [0.25, 0.3) is 0 Å². The van der Waals surface area contributed by atoms with Crippen molar-refractivity contribution in [2.45, 2.75) is 44.7 Å². The van der Waals surface area contributed by atoms with Gasteiger partial charge in [0.05, 0.1) is 10.6 Å².